The summed E-state index contributed by atoms with van der Waals surface area (Å²) in [7, 11) is -1.20. The summed E-state index contributed by atoms with van der Waals surface area (Å²) in [4.78, 5) is 18.0. The smallest absolute Gasteiger partial charge is 0.304 e. The second-order valence-electron chi connectivity index (χ2n) is 2.60. The maximum Gasteiger partial charge on any atom is 0.304 e. The van der Waals surface area contributed by atoms with Crippen LogP contribution in [0.25, 0.3) is 0 Å². The Labute approximate surface area is 83.7 Å². The normalized spacial score (nSPS) is 12.3. The third kappa shape index (κ3) is 4.08. The van der Waals surface area contributed by atoms with E-state index < -0.39 is 16.8 Å². The van der Waals surface area contributed by atoms with Crippen molar-refractivity contribution in [2.24, 2.45) is 0 Å². The fourth-order valence-electron chi connectivity index (χ4n) is 0.822. The molecule has 0 bridgehead atoms. The Morgan fingerprint density at radius 3 is 2.64 bits per heavy atom. The molecule has 0 aromatic carbocycles. The Hall–Kier alpha value is -1.30. The molecule has 76 valence electrons. The average Bonchev–Trinajstić information content (AvgIpc) is 2.16. The summed E-state index contributed by atoms with van der Waals surface area (Å²) in [6.45, 7) is 0. The summed E-state index contributed by atoms with van der Waals surface area (Å²) in [6.07, 6.45) is 3.05. The van der Waals surface area contributed by atoms with E-state index in [9.17, 15) is 9.00 Å². The van der Waals surface area contributed by atoms with Crippen LogP contribution in [0.15, 0.2) is 18.5 Å². The van der Waals surface area contributed by atoms with E-state index in [-0.39, 0.29) is 17.9 Å². The maximum absolute atomic E-state index is 11.3. The number of carboxylic acid groups (broad SMARTS) is 1. The van der Waals surface area contributed by atoms with Crippen LogP contribution in [0.1, 0.15) is 12.2 Å². The van der Waals surface area contributed by atoms with E-state index in [2.05, 4.69) is 9.97 Å². The van der Waals surface area contributed by atoms with Crippen LogP contribution in [0.2, 0.25) is 0 Å². The van der Waals surface area contributed by atoms with E-state index in [0.29, 0.717) is 5.82 Å². The van der Waals surface area contributed by atoms with Crippen molar-refractivity contribution in [3.8, 4) is 0 Å². The molecule has 14 heavy (non-hydrogen) atoms. The molecule has 1 atom stereocenters. The van der Waals surface area contributed by atoms with Gasteiger partial charge < -0.3 is 5.11 Å². The third-order valence-corrected chi connectivity index (χ3v) is 2.69. The molecule has 0 amide bonds. The predicted octanol–water partition coefficient (Wildman–Crippen LogP) is 0.200. The molecule has 0 saturated carbocycles. The highest BCUT2D eigenvalue weighted by Gasteiger charge is 2.06. The van der Waals surface area contributed by atoms with E-state index in [4.69, 9.17) is 5.11 Å². The summed E-state index contributed by atoms with van der Waals surface area (Å²) >= 11 is 0. The van der Waals surface area contributed by atoms with Gasteiger partial charge in [0.1, 0.15) is 5.82 Å². The number of rotatable bonds is 5. The van der Waals surface area contributed by atoms with Crippen LogP contribution < -0.4 is 0 Å². The second-order valence-corrected chi connectivity index (χ2v) is 4.17. The zero-order chi connectivity index (χ0) is 10.4. The molecule has 6 heteroatoms. The van der Waals surface area contributed by atoms with Gasteiger partial charge in [0, 0.05) is 28.9 Å². The molecule has 0 spiro atoms. The van der Waals surface area contributed by atoms with Gasteiger partial charge in [-0.05, 0) is 6.07 Å². The van der Waals surface area contributed by atoms with Gasteiger partial charge in [0.2, 0.25) is 0 Å². The average molecular weight is 214 g/mol. The van der Waals surface area contributed by atoms with Crippen molar-refractivity contribution in [2.75, 3.05) is 5.75 Å². The highest BCUT2D eigenvalue weighted by Crippen LogP contribution is 1.97. The lowest BCUT2D eigenvalue weighted by molar-refractivity contribution is -0.136. The van der Waals surface area contributed by atoms with Gasteiger partial charge in [-0.25, -0.2) is 9.97 Å². The highest BCUT2D eigenvalue weighted by molar-refractivity contribution is 7.84. The summed E-state index contributed by atoms with van der Waals surface area (Å²) in [5.41, 5.74) is 0. The summed E-state index contributed by atoms with van der Waals surface area (Å²) in [6, 6.07) is 1.67. The van der Waals surface area contributed by atoms with Crippen LogP contribution >= 0.6 is 0 Å². The Kier molecular flexibility index (Phi) is 4.18. The molecule has 1 aromatic rings. The van der Waals surface area contributed by atoms with Crippen molar-refractivity contribution in [1.82, 2.24) is 9.97 Å². The Balaban J connectivity index is 2.38. The molecule has 0 radical (unpaired) electrons. The maximum atomic E-state index is 11.3. The molecule has 0 fully saturated rings. The van der Waals surface area contributed by atoms with Crippen molar-refractivity contribution in [3.63, 3.8) is 0 Å². The first-order valence-corrected chi connectivity index (χ1v) is 5.50. The minimum atomic E-state index is -1.20. The van der Waals surface area contributed by atoms with Gasteiger partial charge in [-0.3, -0.25) is 9.00 Å². The molecular weight excluding hydrogens is 204 g/mol. The van der Waals surface area contributed by atoms with E-state index in [0.717, 1.165) is 0 Å². The molecular formula is C8H10N2O3S. The van der Waals surface area contributed by atoms with E-state index in [1.807, 2.05) is 0 Å². The monoisotopic (exact) mass is 214 g/mol. The zero-order valence-electron chi connectivity index (χ0n) is 7.42. The van der Waals surface area contributed by atoms with Crippen LogP contribution in [0.5, 0.6) is 0 Å². The van der Waals surface area contributed by atoms with Crippen LogP contribution in [0.3, 0.4) is 0 Å². The number of aromatic nitrogens is 2. The lowest BCUT2D eigenvalue weighted by Crippen LogP contribution is -2.08. The van der Waals surface area contributed by atoms with E-state index in [1.54, 1.807) is 18.5 Å². The molecule has 0 aliphatic heterocycles. The third-order valence-electron chi connectivity index (χ3n) is 1.45. The van der Waals surface area contributed by atoms with Gasteiger partial charge in [-0.1, -0.05) is 0 Å². The predicted molar refractivity (Wildman–Crippen MR) is 51.0 cm³/mol. The first kappa shape index (κ1) is 10.8. The molecule has 1 heterocycles. The molecule has 0 aliphatic carbocycles. The van der Waals surface area contributed by atoms with Gasteiger partial charge in [0.25, 0.3) is 0 Å². The van der Waals surface area contributed by atoms with Crippen molar-refractivity contribution in [2.45, 2.75) is 12.2 Å². The summed E-state index contributed by atoms with van der Waals surface area (Å²) in [5, 5.41) is 8.36. The lowest BCUT2D eigenvalue weighted by atomic mass is 10.5. The van der Waals surface area contributed by atoms with Gasteiger partial charge in [-0.2, -0.15) is 0 Å². The number of hydrogen-bond acceptors (Lipinski definition) is 4. The fraction of sp³-hybridized carbons (Fsp3) is 0.375. The van der Waals surface area contributed by atoms with Gasteiger partial charge in [0.05, 0.1) is 12.2 Å². The van der Waals surface area contributed by atoms with E-state index in [1.165, 1.54) is 0 Å². The van der Waals surface area contributed by atoms with Gasteiger partial charge >= 0.3 is 5.97 Å². The number of carboxylic acids is 1. The van der Waals surface area contributed by atoms with Crippen molar-refractivity contribution >= 4 is 16.8 Å². The first-order valence-electron chi connectivity index (χ1n) is 4.01. The Morgan fingerprint density at radius 1 is 1.43 bits per heavy atom. The van der Waals surface area contributed by atoms with Crippen molar-refractivity contribution in [3.05, 3.63) is 24.3 Å². The summed E-state index contributed by atoms with van der Waals surface area (Å²) in [5.74, 6) is -0.0922. The zero-order valence-corrected chi connectivity index (χ0v) is 8.24. The topological polar surface area (TPSA) is 80.1 Å². The molecule has 1 rings (SSSR count). The minimum absolute atomic E-state index is 0.0839. The number of aliphatic carboxylic acids is 1. The van der Waals surface area contributed by atoms with Crippen LogP contribution in [-0.4, -0.2) is 31.0 Å². The van der Waals surface area contributed by atoms with Crippen LogP contribution in [0, 0.1) is 0 Å². The van der Waals surface area contributed by atoms with E-state index >= 15 is 0 Å². The number of carbonyl (C=O) groups is 1. The fourth-order valence-corrected chi connectivity index (χ4v) is 1.81. The van der Waals surface area contributed by atoms with Crippen LogP contribution in [-0.2, 0) is 21.3 Å². The molecule has 0 aliphatic rings. The largest absolute Gasteiger partial charge is 0.481 e. The standard InChI is InChI=1S/C8H10N2O3S/c11-8(12)2-5-14(13)6-7-9-3-1-4-10-7/h1,3-4H,2,5-6H2,(H,11,12). The number of hydrogen-bond donors (Lipinski definition) is 1. The summed E-state index contributed by atoms with van der Waals surface area (Å²) < 4.78 is 11.3. The second kappa shape index (κ2) is 5.43. The first-order chi connectivity index (χ1) is 6.68. The highest BCUT2D eigenvalue weighted by atomic mass is 32.2. The molecule has 1 aromatic heterocycles. The van der Waals surface area contributed by atoms with Gasteiger partial charge in [0.15, 0.2) is 0 Å². The van der Waals surface area contributed by atoms with Crippen molar-refractivity contribution in [1.29, 1.82) is 0 Å². The Bertz CT molecular complexity index is 329. The Morgan fingerprint density at radius 2 is 2.07 bits per heavy atom. The molecule has 5 nitrogen and oxygen atoms in total. The van der Waals surface area contributed by atoms with Gasteiger partial charge in [-0.15, -0.1) is 0 Å². The SMILES string of the molecule is O=C(O)CCS(=O)Cc1ncccn1. The number of nitrogens with zero attached hydrogens (tertiary/aromatic N) is 2. The molecule has 1 unspecified atom stereocenters. The lowest BCUT2D eigenvalue weighted by Gasteiger charge is -1.98. The molecule has 0 saturated heterocycles. The minimum Gasteiger partial charge on any atom is -0.481 e. The van der Waals surface area contributed by atoms with Crippen LogP contribution in [0.4, 0.5) is 0 Å². The quantitative estimate of drug-likeness (QED) is 0.757. The van der Waals surface area contributed by atoms with Crippen molar-refractivity contribution < 1.29 is 14.1 Å². The molecule has 1 N–H and O–H groups in total.